The van der Waals surface area contributed by atoms with Gasteiger partial charge in [-0.25, -0.2) is 23.5 Å². The van der Waals surface area contributed by atoms with Crippen LogP contribution in [0.2, 0.25) is 25.2 Å². The molecule has 4 fully saturated rings. The number of Topliss-reactive ketones (excluding diaryl/α,β-unsaturated/α-hetero) is 2. The van der Waals surface area contributed by atoms with Crippen LogP contribution >= 0.6 is 23.5 Å². The summed E-state index contributed by atoms with van der Waals surface area (Å²) in [5.74, 6) is -8.07. The number of carboxylic acids is 2. The number of allylic oxidation sites excluding steroid dienone is 10. The van der Waals surface area contributed by atoms with Gasteiger partial charge in [-0.05, 0) is 181 Å². The van der Waals surface area contributed by atoms with Gasteiger partial charge in [0, 0.05) is 156 Å². The summed E-state index contributed by atoms with van der Waals surface area (Å²) in [5, 5.41) is 83.6. The van der Waals surface area contributed by atoms with Crippen molar-refractivity contribution in [3.8, 4) is 0 Å². The average molecular weight is 1990 g/mol. The number of unbranched alkanes of at least 4 members (excludes halogenated alkanes) is 2. The number of carbonyl (C=O) groups excluding carboxylic acids is 11. The van der Waals surface area contributed by atoms with Gasteiger partial charge in [0.25, 0.3) is 11.8 Å². The van der Waals surface area contributed by atoms with Gasteiger partial charge in [-0.2, -0.15) is 23.5 Å². The number of benzene rings is 6. The lowest BCUT2D eigenvalue weighted by molar-refractivity contribution is -0.462. The Morgan fingerprint density at radius 1 is 0.638 bits per heavy atom. The van der Waals surface area contributed by atoms with E-state index in [4.69, 9.17) is 23.8 Å². The molecule has 141 heavy (non-hydrogen) atoms. The van der Waals surface area contributed by atoms with Crippen LogP contribution in [-0.4, -0.2) is 268 Å². The van der Waals surface area contributed by atoms with Crippen LogP contribution in [0.4, 0.5) is 11.4 Å². The minimum atomic E-state index is -2.53. The van der Waals surface area contributed by atoms with Crippen molar-refractivity contribution >= 4 is 149 Å². The van der Waals surface area contributed by atoms with E-state index in [-0.39, 0.29) is 84.7 Å². The Bertz CT molecular complexity index is 6270. The van der Waals surface area contributed by atoms with Crippen molar-refractivity contribution in [3.63, 3.8) is 0 Å². The summed E-state index contributed by atoms with van der Waals surface area (Å²) in [6, 6.07) is 45.2. The second kappa shape index (κ2) is 43.1. The van der Waals surface area contributed by atoms with Crippen LogP contribution in [0.1, 0.15) is 170 Å². The molecule has 744 valence electrons. The third kappa shape index (κ3) is 20.8. The van der Waals surface area contributed by atoms with Gasteiger partial charge in [0.1, 0.15) is 80.1 Å². The fraction of sp³-hybridized carbons (Fsp3) is 0.422. The molecule has 2 saturated heterocycles. The summed E-state index contributed by atoms with van der Waals surface area (Å²) in [6.45, 7) is 12.1. The number of ketones is 2. The number of ether oxygens (including phenoxy) is 4. The largest absolute Gasteiger partial charge is 0.545 e. The number of esters is 3. The maximum atomic E-state index is 15.2. The van der Waals surface area contributed by atoms with E-state index in [9.17, 15) is 78.6 Å². The van der Waals surface area contributed by atoms with Gasteiger partial charge in [-0.1, -0.05) is 143 Å². The quantitative estimate of drug-likeness (QED) is 0.00477. The Morgan fingerprint density at radius 3 is 1.65 bits per heavy atom. The number of amides is 3. The first-order valence-corrected chi connectivity index (χ1v) is 55.7. The zero-order valence-corrected chi connectivity index (χ0v) is 86.2. The zero-order valence-electron chi connectivity index (χ0n) is 82.6. The Labute approximate surface area is 833 Å². The smallest absolute Gasteiger partial charge is 0.338 e. The lowest BCUT2D eigenvalue weighted by atomic mass is 9.44. The molecule has 6 aromatic rings. The highest BCUT2D eigenvalue weighted by Gasteiger charge is 2.78. The number of aliphatic hydroxyl groups excluding tert-OH is 3. The van der Waals surface area contributed by atoms with E-state index in [0.717, 1.165) is 86.7 Å². The summed E-state index contributed by atoms with van der Waals surface area (Å²) in [7, 11) is 11.1. The highest BCUT2D eigenvalue weighted by atomic mass is 32.2. The molecule has 2 bridgehead atoms. The van der Waals surface area contributed by atoms with Gasteiger partial charge in [0.2, 0.25) is 5.91 Å². The van der Waals surface area contributed by atoms with E-state index >= 15 is 4.79 Å². The second-order valence-electron chi connectivity index (χ2n) is 39.8. The van der Waals surface area contributed by atoms with Crippen LogP contribution in [0.3, 0.4) is 0 Å². The van der Waals surface area contributed by atoms with E-state index in [1.54, 1.807) is 110 Å². The molecular formula is C109H126N6O22S2Si2. The highest BCUT2D eigenvalue weighted by Crippen LogP contribution is 2.65. The molecule has 4 unspecified atom stereocenters. The van der Waals surface area contributed by atoms with Crippen LogP contribution in [0.15, 0.2) is 215 Å². The molecule has 13 atom stereocenters. The van der Waals surface area contributed by atoms with Crippen molar-refractivity contribution in [2.24, 2.45) is 16.7 Å². The van der Waals surface area contributed by atoms with E-state index in [2.05, 4.69) is 110 Å². The number of thioether (sulfide) groups is 2. The van der Waals surface area contributed by atoms with Crippen LogP contribution in [0.5, 0.6) is 0 Å². The molecule has 5 aliphatic carbocycles. The van der Waals surface area contributed by atoms with Gasteiger partial charge < -0.3 is 79.1 Å². The number of nitrogens with zero attached hydrogens (tertiary/aromatic N) is 5. The van der Waals surface area contributed by atoms with Crippen LogP contribution in [-0.2, 0) is 62.1 Å². The first kappa shape index (κ1) is 105. The molecule has 4 aliphatic heterocycles. The van der Waals surface area contributed by atoms with Crippen LogP contribution in [0, 0.1) is 16.7 Å². The van der Waals surface area contributed by atoms with E-state index in [0.29, 0.717) is 65.5 Å². The summed E-state index contributed by atoms with van der Waals surface area (Å²) in [6.07, 6.45) is 4.43. The molecule has 0 spiro atoms. The molecule has 5 N–H and O–H groups in total. The molecule has 9 aliphatic rings. The summed E-state index contributed by atoms with van der Waals surface area (Å²) in [4.78, 5) is 154. The number of hydrogen-bond donors (Lipinski definition) is 5. The van der Waals surface area contributed by atoms with E-state index in [1.165, 1.54) is 46.7 Å². The third-order valence-corrected chi connectivity index (χ3v) is 41.5. The van der Waals surface area contributed by atoms with Crippen molar-refractivity contribution < 1.29 is 116 Å². The SMILES string of the molecule is CC(=O)O[C@@]12CO[C@@H]1C[C@H](O)[C@@]1(C)C(=O)[C@H](O)C3=C(C)C(OC(=O)[C@H](O)[C@@H](CC(=O)CCCCCNC(=O)CCSCC[Si]4(C)C5=CC(=[N+](C)C)C=CC5=C(c5ccccc5C(=O)[O-])c5ccc(N(C)C)cc54)c4ccccc4)C[C@@](O)([C@@H](OC(=O)c4ccccc4)C12)C3(C)C.CN(C)c1ccc2c(c1)[Si](C)(CCSCCC(=O)ON1C(=O)CCC1=O)C1=CC(=[N+](C)C)C=CC1=C2c1ccccc1C(=O)[O-]. The van der Waals surface area contributed by atoms with Crippen LogP contribution in [0.25, 0.3) is 11.1 Å². The highest BCUT2D eigenvalue weighted by molar-refractivity contribution is 7.99. The van der Waals surface area contributed by atoms with Gasteiger partial charge in [-0.15, -0.1) is 5.06 Å². The molecule has 28 nitrogen and oxygen atoms in total. The lowest BCUT2D eigenvalue weighted by Crippen LogP contribution is -2.81. The predicted octanol–water partition coefficient (Wildman–Crippen LogP) is 9.21. The average Bonchev–Trinajstić information content (AvgIpc) is 0.850. The number of hydroxylamine groups is 2. The second-order valence-corrected chi connectivity index (χ2v) is 50.7. The maximum Gasteiger partial charge on any atom is 0.338 e. The molecular weight excluding hydrogens is 1870 g/mol. The predicted molar refractivity (Wildman–Crippen MR) is 542 cm³/mol. The minimum Gasteiger partial charge on any atom is -0.545 e. The number of aromatic carboxylic acids is 2. The number of fused-ring (bicyclic) bond motifs is 9. The Kier molecular flexibility index (Phi) is 32.1. The fourth-order valence-electron chi connectivity index (χ4n) is 21.8. The van der Waals surface area contributed by atoms with Gasteiger partial charge in [-0.3, -0.25) is 28.8 Å². The first-order chi connectivity index (χ1) is 66.9. The molecule has 15 rings (SSSR count). The molecule has 0 radical (unpaired) electrons. The fourth-order valence-corrected chi connectivity index (χ4v) is 34.0. The van der Waals surface area contributed by atoms with E-state index < -0.39 is 146 Å². The normalized spacial score (nSPS) is 24.8. The van der Waals surface area contributed by atoms with Gasteiger partial charge in [0.05, 0.1) is 48.0 Å². The number of anilines is 2. The minimum absolute atomic E-state index is 0.0600. The lowest BCUT2D eigenvalue weighted by Gasteiger charge is -2.67. The topological polar surface area (TPSA) is 389 Å². The summed E-state index contributed by atoms with van der Waals surface area (Å²) < 4.78 is 28.7. The van der Waals surface area contributed by atoms with Gasteiger partial charge >= 0.3 is 23.9 Å². The van der Waals surface area contributed by atoms with Crippen molar-refractivity contribution in [2.75, 3.05) is 102 Å². The summed E-state index contributed by atoms with van der Waals surface area (Å²) in [5.41, 5.74) is 4.45. The molecule has 3 amide bonds. The van der Waals surface area contributed by atoms with Gasteiger partial charge in [0.15, 0.2) is 28.9 Å². The number of hydrogen-bond acceptors (Lipinski definition) is 26. The maximum absolute atomic E-state index is 15.2. The number of imide groups is 1. The molecule has 4 heterocycles. The van der Waals surface area contributed by atoms with Crippen molar-refractivity contribution in [1.82, 2.24) is 10.4 Å². The van der Waals surface area contributed by atoms with Crippen LogP contribution < -0.4 is 35.7 Å². The molecule has 2 saturated carbocycles. The molecule has 6 aromatic carbocycles. The number of carbonyl (C=O) groups is 11. The molecule has 32 heteroatoms. The Hall–Kier alpha value is -11.9. The number of nitrogens with one attached hydrogen (secondary N) is 1. The first-order valence-electron chi connectivity index (χ1n) is 47.9. The Balaban J connectivity index is 0.000000292. The summed E-state index contributed by atoms with van der Waals surface area (Å²) >= 11 is 3.37. The van der Waals surface area contributed by atoms with Crippen molar-refractivity contribution in [3.05, 3.63) is 259 Å². The number of rotatable bonds is 34. The standard InChI is InChI=1S/C75H89N3O16SSi.C34H37N3O6SSi/c1-44-56(42-75(90)68(93-70(88)47-24-16-12-17-25-47)66-73(5,67(85)65(84)63(44)72(75,3)4)59(81)41-60-74(66,43-91-60)94-45(2)79)92-71(89)64(83)55(46-22-14-11-15-23-46)40-50(80)26-18-13-21-34-76-61(82)33-35-95-36-37-96(10)57-38-48(77(6)7)29-31-53(57)62(51-27-19-20-28-52(51)69(86)87)54-32-30-49(78(8)9)39-58(54)96;1-35(2)22-10-12-26-28(20-22)45(5,19-18-44-17-16-32(40)43-37-30(38)14-15-31(37)39)29-21-23(36(3)4)11-13-27(29)33(26)24-8-6-7-9-25(24)34(41)42/h11-12,14-17,19-20,22-25,27-32,38-39,55-56,59-60,64-66,68,81,83-84,90H,13,18,21,26,33-37,40-43H2,1-10H3,(H-,76,82,86,87);6-13,20-21H,14-19H2,1-5H3/t55-,56?,59-,60+,64+,65+,66?,68-,73+,74-,75+;/m0./s1. The van der Waals surface area contributed by atoms with Crippen molar-refractivity contribution in [1.29, 1.82) is 0 Å². The van der Waals surface area contributed by atoms with Crippen molar-refractivity contribution in [2.45, 2.75) is 184 Å². The van der Waals surface area contributed by atoms with E-state index in [1.807, 2.05) is 80.6 Å². The molecule has 0 aromatic heterocycles. The zero-order chi connectivity index (χ0) is 102. The number of carboxylic acid groups (broad SMARTS) is 2. The Morgan fingerprint density at radius 2 is 1.15 bits per heavy atom. The number of aliphatic hydroxyl groups is 4. The monoisotopic (exact) mass is 1990 g/mol. The third-order valence-electron chi connectivity index (χ3n) is 29.9.